The fraction of sp³-hybridized carbons (Fsp3) is 0.154. The normalized spacial score (nSPS) is 12.9. The molecule has 0 fully saturated rings. The van der Waals surface area contributed by atoms with Crippen LogP contribution in [-0.4, -0.2) is 23.9 Å². The molecule has 6 heteroatoms. The Labute approximate surface area is 198 Å². The highest BCUT2D eigenvalue weighted by atomic mass is 35.5. The molecule has 2 atom stereocenters. The first-order valence-corrected chi connectivity index (χ1v) is 10.8. The summed E-state index contributed by atoms with van der Waals surface area (Å²) in [5.74, 6) is -0.878. The predicted molar refractivity (Wildman–Crippen MR) is 128 cm³/mol. The zero-order valence-electron chi connectivity index (χ0n) is 17.7. The third kappa shape index (κ3) is 5.78. The van der Waals surface area contributed by atoms with Gasteiger partial charge in [0.05, 0.1) is 13.2 Å². The maximum absolute atomic E-state index is 13.5. The van der Waals surface area contributed by atoms with Crippen molar-refractivity contribution in [1.82, 2.24) is 4.90 Å². The number of carbonyl (C=O) groups excluding carboxylic acids is 2. The van der Waals surface area contributed by atoms with E-state index in [-0.39, 0.29) is 5.91 Å². The van der Waals surface area contributed by atoms with E-state index in [0.29, 0.717) is 15.6 Å². The molecule has 164 valence electrons. The van der Waals surface area contributed by atoms with Gasteiger partial charge in [-0.25, -0.2) is 4.79 Å². The van der Waals surface area contributed by atoms with Crippen LogP contribution in [0.3, 0.4) is 0 Å². The standard InChI is InChI=1S/C26H23Cl2NO3/c1-18(20-9-13-22(27)14-10-20)29(24(30)17-8-19-6-4-3-5-7-19)25(26(31)32-2)21-11-15-23(28)16-12-21/h3-18,25H,1-2H3/b17-8+/t18?,25-/m0/s1. The number of halogens is 2. The molecule has 3 rings (SSSR count). The van der Waals surface area contributed by atoms with Gasteiger partial charge in [0.1, 0.15) is 0 Å². The van der Waals surface area contributed by atoms with Gasteiger partial charge < -0.3 is 9.64 Å². The first-order chi connectivity index (χ1) is 15.4. The largest absolute Gasteiger partial charge is 0.467 e. The molecule has 0 bridgehead atoms. The summed E-state index contributed by atoms with van der Waals surface area (Å²) in [4.78, 5) is 27.9. The van der Waals surface area contributed by atoms with E-state index in [9.17, 15) is 9.59 Å². The monoisotopic (exact) mass is 467 g/mol. The minimum absolute atomic E-state index is 0.332. The van der Waals surface area contributed by atoms with Crippen molar-refractivity contribution in [1.29, 1.82) is 0 Å². The van der Waals surface area contributed by atoms with Crippen LogP contribution in [0.2, 0.25) is 10.0 Å². The highest BCUT2D eigenvalue weighted by Gasteiger charge is 2.35. The molecule has 0 aromatic heterocycles. The Kier molecular flexibility index (Phi) is 8.09. The average molecular weight is 468 g/mol. The van der Waals surface area contributed by atoms with Crippen LogP contribution in [0.4, 0.5) is 0 Å². The van der Waals surface area contributed by atoms with Gasteiger partial charge in [0.25, 0.3) is 0 Å². The zero-order valence-corrected chi connectivity index (χ0v) is 19.3. The lowest BCUT2D eigenvalue weighted by atomic mass is 9.99. The Morgan fingerprint density at radius 1 is 0.844 bits per heavy atom. The summed E-state index contributed by atoms with van der Waals surface area (Å²) in [6.07, 6.45) is 3.19. The van der Waals surface area contributed by atoms with Crippen molar-refractivity contribution in [2.24, 2.45) is 0 Å². The molecule has 0 heterocycles. The fourth-order valence-electron chi connectivity index (χ4n) is 3.43. The number of esters is 1. The number of rotatable bonds is 7. The van der Waals surface area contributed by atoms with Crippen molar-refractivity contribution in [3.8, 4) is 0 Å². The van der Waals surface area contributed by atoms with E-state index < -0.39 is 18.1 Å². The van der Waals surface area contributed by atoms with E-state index in [0.717, 1.165) is 11.1 Å². The van der Waals surface area contributed by atoms with Gasteiger partial charge in [-0.3, -0.25) is 4.79 Å². The number of hydrogen-bond acceptors (Lipinski definition) is 3. The summed E-state index contributed by atoms with van der Waals surface area (Å²) in [5, 5.41) is 1.12. The molecule has 0 N–H and O–H groups in total. The number of carbonyl (C=O) groups is 2. The molecular formula is C26H23Cl2NO3. The van der Waals surface area contributed by atoms with Gasteiger partial charge in [-0.2, -0.15) is 0 Å². The molecule has 0 aliphatic carbocycles. The Morgan fingerprint density at radius 3 is 1.91 bits per heavy atom. The molecule has 0 radical (unpaired) electrons. The highest BCUT2D eigenvalue weighted by Crippen LogP contribution is 2.33. The summed E-state index contributed by atoms with van der Waals surface area (Å²) >= 11 is 12.1. The Bertz CT molecular complexity index is 1080. The first-order valence-electron chi connectivity index (χ1n) is 10.0. The van der Waals surface area contributed by atoms with E-state index in [4.69, 9.17) is 27.9 Å². The zero-order chi connectivity index (χ0) is 23.1. The number of benzene rings is 3. The summed E-state index contributed by atoms with van der Waals surface area (Å²) in [5.41, 5.74) is 2.31. The summed E-state index contributed by atoms with van der Waals surface area (Å²) < 4.78 is 5.09. The molecule has 1 amide bonds. The molecule has 0 saturated carbocycles. The molecule has 32 heavy (non-hydrogen) atoms. The summed E-state index contributed by atoms with van der Waals surface area (Å²) in [6.45, 7) is 1.86. The van der Waals surface area contributed by atoms with E-state index >= 15 is 0 Å². The maximum Gasteiger partial charge on any atom is 0.333 e. The number of methoxy groups -OCH3 is 1. The van der Waals surface area contributed by atoms with Crippen LogP contribution >= 0.6 is 23.2 Å². The lowest BCUT2D eigenvalue weighted by Gasteiger charge is -2.35. The molecule has 0 saturated heterocycles. The third-order valence-electron chi connectivity index (χ3n) is 5.13. The number of ether oxygens (including phenoxy) is 1. The second-order valence-electron chi connectivity index (χ2n) is 7.19. The lowest BCUT2D eigenvalue weighted by Crippen LogP contribution is -2.40. The number of hydrogen-bond donors (Lipinski definition) is 0. The summed E-state index contributed by atoms with van der Waals surface area (Å²) in [7, 11) is 1.31. The van der Waals surface area contributed by atoms with Crippen LogP contribution in [0.5, 0.6) is 0 Å². The third-order valence-corrected chi connectivity index (χ3v) is 5.63. The Balaban J connectivity index is 2.06. The van der Waals surface area contributed by atoms with Crippen molar-refractivity contribution in [3.63, 3.8) is 0 Å². The molecule has 3 aromatic rings. The highest BCUT2D eigenvalue weighted by molar-refractivity contribution is 6.30. The molecule has 1 unspecified atom stereocenters. The van der Waals surface area contributed by atoms with Crippen LogP contribution in [0.1, 0.15) is 35.7 Å². The molecular weight excluding hydrogens is 445 g/mol. The van der Waals surface area contributed by atoms with Crippen LogP contribution in [0.25, 0.3) is 6.08 Å². The van der Waals surface area contributed by atoms with Crippen molar-refractivity contribution in [2.75, 3.05) is 7.11 Å². The Morgan fingerprint density at radius 2 is 1.38 bits per heavy atom. The SMILES string of the molecule is COC(=O)[C@H](c1ccc(Cl)cc1)N(C(=O)/C=C/c1ccccc1)C(C)c1ccc(Cl)cc1. The van der Waals surface area contributed by atoms with Crippen LogP contribution in [-0.2, 0) is 14.3 Å². The van der Waals surface area contributed by atoms with Gasteiger partial charge in [-0.15, -0.1) is 0 Å². The molecule has 3 aromatic carbocycles. The predicted octanol–water partition coefficient (Wildman–Crippen LogP) is 6.51. The number of amides is 1. The van der Waals surface area contributed by atoms with E-state index in [1.54, 1.807) is 42.5 Å². The first kappa shape index (κ1) is 23.6. The molecule has 0 aliphatic rings. The van der Waals surface area contributed by atoms with Gasteiger partial charge >= 0.3 is 5.97 Å². The second-order valence-corrected chi connectivity index (χ2v) is 8.07. The van der Waals surface area contributed by atoms with Crippen LogP contribution in [0.15, 0.2) is 84.9 Å². The van der Waals surface area contributed by atoms with Gasteiger partial charge in [-0.05, 0) is 54.0 Å². The van der Waals surface area contributed by atoms with Crippen LogP contribution in [0, 0.1) is 0 Å². The van der Waals surface area contributed by atoms with Gasteiger partial charge in [0, 0.05) is 16.1 Å². The van der Waals surface area contributed by atoms with Crippen molar-refractivity contribution in [2.45, 2.75) is 19.0 Å². The second kappa shape index (κ2) is 11.0. The average Bonchev–Trinajstić information content (AvgIpc) is 2.82. The van der Waals surface area contributed by atoms with Gasteiger partial charge in [0.2, 0.25) is 5.91 Å². The van der Waals surface area contributed by atoms with Crippen LogP contribution < -0.4 is 0 Å². The number of nitrogens with zero attached hydrogens (tertiary/aromatic N) is 1. The van der Waals surface area contributed by atoms with Crippen molar-refractivity contribution < 1.29 is 14.3 Å². The minimum atomic E-state index is -0.962. The molecule has 4 nitrogen and oxygen atoms in total. The molecule has 0 aliphatic heterocycles. The quantitative estimate of drug-likeness (QED) is 0.293. The minimum Gasteiger partial charge on any atom is -0.467 e. The Hall–Kier alpha value is -3.08. The maximum atomic E-state index is 13.5. The summed E-state index contributed by atoms with van der Waals surface area (Å²) in [6, 6.07) is 22.1. The topological polar surface area (TPSA) is 46.6 Å². The van der Waals surface area contributed by atoms with E-state index in [2.05, 4.69) is 0 Å². The lowest BCUT2D eigenvalue weighted by molar-refractivity contribution is -0.153. The molecule has 0 spiro atoms. The smallest absolute Gasteiger partial charge is 0.333 e. The van der Waals surface area contributed by atoms with Gasteiger partial charge in [-0.1, -0.05) is 77.8 Å². The van der Waals surface area contributed by atoms with E-state index in [1.165, 1.54) is 18.1 Å². The van der Waals surface area contributed by atoms with Gasteiger partial charge in [0.15, 0.2) is 6.04 Å². The fourth-order valence-corrected chi connectivity index (χ4v) is 3.68. The van der Waals surface area contributed by atoms with Crippen molar-refractivity contribution in [3.05, 3.63) is 112 Å². The van der Waals surface area contributed by atoms with E-state index in [1.807, 2.05) is 49.4 Å². The van der Waals surface area contributed by atoms with Crippen molar-refractivity contribution >= 4 is 41.2 Å².